The molecule has 0 aromatic carbocycles. The first-order valence-electron chi connectivity index (χ1n) is 2.80. The summed E-state index contributed by atoms with van der Waals surface area (Å²) in [4.78, 5) is 1.81. The van der Waals surface area contributed by atoms with Gasteiger partial charge in [0.25, 0.3) is 0 Å². The van der Waals surface area contributed by atoms with Gasteiger partial charge in [0.05, 0.1) is 0 Å². The standard InChI is InChI=1S/C5H12BN/c1-3-5-7(6)4-2/h3-5H2,1-2H3. The Labute approximate surface area is 47.1 Å². The van der Waals surface area contributed by atoms with Gasteiger partial charge in [-0.15, -0.1) is 0 Å². The molecule has 0 fully saturated rings. The first-order chi connectivity index (χ1) is 3.31. The van der Waals surface area contributed by atoms with Crippen LogP contribution in [0.4, 0.5) is 0 Å². The zero-order valence-electron chi connectivity index (χ0n) is 5.15. The third-order valence-electron chi connectivity index (χ3n) is 0.917. The summed E-state index contributed by atoms with van der Waals surface area (Å²) in [5, 5.41) is 0. The Morgan fingerprint density at radius 3 is 2.14 bits per heavy atom. The summed E-state index contributed by atoms with van der Waals surface area (Å²) in [5.41, 5.74) is 0. The summed E-state index contributed by atoms with van der Waals surface area (Å²) >= 11 is 0. The van der Waals surface area contributed by atoms with Crippen LogP contribution in [-0.2, 0) is 0 Å². The topological polar surface area (TPSA) is 3.24 Å². The molecule has 0 aliphatic heterocycles. The lowest BCUT2D eigenvalue weighted by Gasteiger charge is -2.10. The minimum absolute atomic E-state index is 0.952. The van der Waals surface area contributed by atoms with E-state index in [9.17, 15) is 0 Å². The van der Waals surface area contributed by atoms with Crippen LogP contribution in [0.25, 0.3) is 0 Å². The average molecular weight is 97.0 g/mol. The normalized spacial score (nSPS) is 10.1. The fraction of sp³-hybridized carbons (Fsp3) is 1.00. The largest absolute Gasteiger partial charge is 0.354 e. The molecule has 0 amide bonds. The van der Waals surface area contributed by atoms with Crippen molar-refractivity contribution in [3.05, 3.63) is 0 Å². The predicted octanol–water partition coefficient (Wildman–Crippen LogP) is 0.802. The molecule has 40 valence electrons. The van der Waals surface area contributed by atoms with Gasteiger partial charge in [0.1, 0.15) is 0 Å². The smallest absolute Gasteiger partial charge is 0.182 e. The molecule has 0 N–H and O–H groups in total. The molecule has 0 bridgehead atoms. The third kappa shape index (κ3) is 3.87. The second kappa shape index (κ2) is 4.19. The monoisotopic (exact) mass is 97.1 g/mol. The van der Waals surface area contributed by atoms with E-state index < -0.39 is 0 Å². The fourth-order valence-electron chi connectivity index (χ4n) is 0.445. The molecule has 0 rings (SSSR count). The Kier molecular flexibility index (Phi) is 4.21. The van der Waals surface area contributed by atoms with Crippen molar-refractivity contribution in [2.45, 2.75) is 20.3 Å². The third-order valence-corrected chi connectivity index (χ3v) is 0.917. The molecule has 0 saturated carbocycles. The highest BCUT2D eigenvalue weighted by Crippen LogP contribution is 1.80. The van der Waals surface area contributed by atoms with Crippen LogP contribution in [0.15, 0.2) is 0 Å². The summed E-state index contributed by atoms with van der Waals surface area (Å²) in [6.45, 7) is 6.13. The van der Waals surface area contributed by atoms with Gasteiger partial charge in [0, 0.05) is 0 Å². The molecule has 0 unspecified atom stereocenters. The molecule has 0 saturated heterocycles. The maximum absolute atomic E-state index is 5.42. The number of nitrogens with zero attached hydrogens (tertiary/aromatic N) is 1. The van der Waals surface area contributed by atoms with E-state index >= 15 is 0 Å². The molecule has 0 aromatic rings. The van der Waals surface area contributed by atoms with E-state index in [2.05, 4.69) is 13.8 Å². The van der Waals surface area contributed by atoms with Crippen LogP contribution in [0.1, 0.15) is 20.3 Å². The lowest BCUT2D eigenvalue weighted by Crippen LogP contribution is -2.19. The Bertz CT molecular complexity index is 39.1. The van der Waals surface area contributed by atoms with Crippen molar-refractivity contribution >= 4 is 7.98 Å². The molecule has 1 nitrogen and oxygen atoms in total. The van der Waals surface area contributed by atoms with Crippen LogP contribution in [0.2, 0.25) is 0 Å². The SMILES string of the molecule is [B]N(CC)CCC. The number of hydrogen-bond donors (Lipinski definition) is 0. The van der Waals surface area contributed by atoms with E-state index in [-0.39, 0.29) is 0 Å². The second-order valence-electron chi connectivity index (χ2n) is 1.63. The highest BCUT2D eigenvalue weighted by Gasteiger charge is 1.86. The molecule has 0 heterocycles. The Morgan fingerprint density at radius 1 is 1.43 bits per heavy atom. The van der Waals surface area contributed by atoms with E-state index in [1.807, 2.05) is 0 Å². The van der Waals surface area contributed by atoms with Crippen molar-refractivity contribution in [2.24, 2.45) is 0 Å². The minimum atomic E-state index is 0.952. The van der Waals surface area contributed by atoms with Crippen LogP contribution in [0.5, 0.6) is 0 Å². The van der Waals surface area contributed by atoms with Crippen molar-refractivity contribution < 1.29 is 0 Å². The molecule has 0 aliphatic rings. The highest BCUT2D eigenvalue weighted by atomic mass is 15.0. The van der Waals surface area contributed by atoms with E-state index in [0.29, 0.717) is 0 Å². The maximum atomic E-state index is 5.42. The van der Waals surface area contributed by atoms with E-state index in [0.717, 1.165) is 19.5 Å². The minimum Gasteiger partial charge on any atom is -0.354 e. The highest BCUT2D eigenvalue weighted by molar-refractivity contribution is 6.04. The van der Waals surface area contributed by atoms with Crippen molar-refractivity contribution in [3.8, 4) is 0 Å². The van der Waals surface area contributed by atoms with E-state index in [1.54, 1.807) is 4.81 Å². The summed E-state index contributed by atoms with van der Waals surface area (Å²) in [7, 11) is 5.42. The lowest BCUT2D eigenvalue weighted by atomic mass is 10.3. The van der Waals surface area contributed by atoms with Crippen molar-refractivity contribution in [1.82, 2.24) is 4.81 Å². The van der Waals surface area contributed by atoms with Gasteiger partial charge in [-0.3, -0.25) is 0 Å². The van der Waals surface area contributed by atoms with Crippen LogP contribution in [-0.4, -0.2) is 25.9 Å². The first-order valence-corrected chi connectivity index (χ1v) is 2.80. The van der Waals surface area contributed by atoms with Gasteiger partial charge in [0.15, 0.2) is 7.98 Å². The molecule has 0 aliphatic carbocycles. The second-order valence-corrected chi connectivity index (χ2v) is 1.63. The fourth-order valence-corrected chi connectivity index (χ4v) is 0.445. The van der Waals surface area contributed by atoms with Crippen molar-refractivity contribution in [1.29, 1.82) is 0 Å². The molecule has 0 atom stereocenters. The predicted molar refractivity (Wildman–Crippen MR) is 33.3 cm³/mol. The molecule has 0 spiro atoms. The van der Waals surface area contributed by atoms with Gasteiger partial charge < -0.3 is 4.81 Å². The first kappa shape index (κ1) is 7.02. The van der Waals surface area contributed by atoms with Crippen molar-refractivity contribution in [3.63, 3.8) is 0 Å². The van der Waals surface area contributed by atoms with E-state index in [4.69, 9.17) is 7.98 Å². The quantitative estimate of drug-likeness (QED) is 0.471. The van der Waals surface area contributed by atoms with Gasteiger partial charge in [-0.1, -0.05) is 13.8 Å². The Balaban J connectivity index is 2.83. The molecular formula is C5H12BN. The van der Waals surface area contributed by atoms with Gasteiger partial charge in [-0.25, -0.2) is 0 Å². The summed E-state index contributed by atoms with van der Waals surface area (Å²) in [6, 6.07) is 0. The van der Waals surface area contributed by atoms with Crippen LogP contribution in [0.3, 0.4) is 0 Å². The Hall–Kier alpha value is 0.0249. The van der Waals surface area contributed by atoms with Gasteiger partial charge in [-0.2, -0.15) is 0 Å². The molecule has 7 heavy (non-hydrogen) atoms. The Morgan fingerprint density at radius 2 is 2.00 bits per heavy atom. The maximum Gasteiger partial charge on any atom is 0.182 e. The van der Waals surface area contributed by atoms with E-state index in [1.165, 1.54) is 0 Å². The summed E-state index contributed by atoms with van der Waals surface area (Å²) in [5.74, 6) is 0. The van der Waals surface area contributed by atoms with Gasteiger partial charge >= 0.3 is 0 Å². The summed E-state index contributed by atoms with van der Waals surface area (Å²) < 4.78 is 0. The number of hydrogen-bond acceptors (Lipinski definition) is 1. The zero-order valence-corrected chi connectivity index (χ0v) is 5.15. The zero-order chi connectivity index (χ0) is 5.70. The number of rotatable bonds is 3. The van der Waals surface area contributed by atoms with Gasteiger partial charge in [-0.05, 0) is 19.5 Å². The van der Waals surface area contributed by atoms with Gasteiger partial charge in [0.2, 0.25) is 0 Å². The molecule has 0 aromatic heterocycles. The molecular weight excluding hydrogens is 84.9 g/mol. The molecule has 2 radical (unpaired) electrons. The van der Waals surface area contributed by atoms with Crippen LogP contribution < -0.4 is 0 Å². The van der Waals surface area contributed by atoms with Crippen LogP contribution in [0, 0.1) is 0 Å². The summed E-state index contributed by atoms with van der Waals surface area (Å²) in [6.07, 6.45) is 1.14. The van der Waals surface area contributed by atoms with Crippen LogP contribution >= 0.6 is 0 Å². The average Bonchev–Trinajstić information content (AvgIpc) is 1.68. The molecule has 2 heteroatoms. The lowest BCUT2D eigenvalue weighted by molar-refractivity contribution is 0.476. The van der Waals surface area contributed by atoms with Crippen molar-refractivity contribution in [2.75, 3.05) is 13.1 Å².